The number of nitrogens with zero attached hydrogens (tertiary/aromatic N) is 2. The van der Waals surface area contributed by atoms with Crippen LogP contribution in [0.5, 0.6) is 0 Å². The summed E-state index contributed by atoms with van der Waals surface area (Å²) in [6.07, 6.45) is 0. The minimum Gasteiger partial charge on any atom is -0.478 e. The fourth-order valence-electron chi connectivity index (χ4n) is 3.08. The zero-order valence-electron chi connectivity index (χ0n) is 15.6. The van der Waals surface area contributed by atoms with Gasteiger partial charge in [0.25, 0.3) is 5.91 Å². The molecule has 29 heavy (non-hydrogen) atoms. The van der Waals surface area contributed by atoms with Crippen LogP contribution in [0.2, 0.25) is 0 Å². The number of rotatable bonds is 4. The summed E-state index contributed by atoms with van der Waals surface area (Å²) in [7, 11) is 0. The Labute approximate surface area is 166 Å². The van der Waals surface area contributed by atoms with Crippen molar-refractivity contribution in [2.24, 2.45) is 0 Å². The number of carboxylic acids is 1. The molecule has 0 atom stereocenters. The van der Waals surface area contributed by atoms with Crippen LogP contribution >= 0.6 is 0 Å². The van der Waals surface area contributed by atoms with Gasteiger partial charge in [0.15, 0.2) is 5.82 Å². The molecule has 4 rings (SSSR count). The van der Waals surface area contributed by atoms with Crippen molar-refractivity contribution in [3.05, 3.63) is 89.6 Å². The first-order valence-corrected chi connectivity index (χ1v) is 9.00. The quantitative estimate of drug-likeness (QED) is 0.539. The molecule has 1 heterocycles. The van der Waals surface area contributed by atoms with Gasteiger partial charge in [0.1, 0.15) is 5.69 Å². The highest BCUT2D eigenvalue weighted by molar-refractivity contribution is 6.11. The smallest absolute Gasteiger partial charge is 0.335 e. The summed E-state index contributed by atoms with van der Waals surface area (Å²) >= 11 is 0. The zero-order valence-corrected chi connectivity index (χ0v) is 15.6. The molecule has 0 aliphatic rings. The Morgan fingerprint density at radius 3 is 2.28 bits per heavy atom. The van der Waals surface area contributed by atoms with Crippen molar-refractivity contribution in [1.82, 2.24) is 9.97 Å². The minimum atomic E-state index is -1.02. The van der Waals surface area contributed by atoms with Crippen LogP contribution < -0.4 is 5.32 Å². The van der Waals surface area contributed by atoms with Gasteiger partial charge in [-0.05, 0) is 42.8 Å². The number of hydrogen-bond donors (Lipinski definition) is 2. The highest BCUT2D eigenvalue weighted by atomic mass is 16.4. The summed E-state index contributed by atoms with van der Waals surface area (Å²) in [4.78, 5) is 33.2. The maximum absolute atomic E-state index is 13.0. The lowest BCUT2D eigenvalue weighted by atomic mass is 10.1. The third-order valence-corrected chi connectivity index (χ3v) is 4.59. The van der Waals surface area contributed by atoms with Gasteiger partial charge in [-0.3, -0.25) is 4.79 Å². The van der Waals surface area contributed by atoms with E-state index in [2.05, 4.69) is 15.3 Å². The molecule has 0 spiro atoms. The van der Waals surface area contributed by atoms with E-state index in [1.807, 2.05) is 49.4 Å². The zero-order chi connectivity index (χ0) is 20.4. The Morgan fingerprint density at radius 2 is 1.55 bits per heavy atom. The van der Waals surface area contributed by atoms with Crippen molar-refractivity contribution in [2.75, 3.05) is 5.32 Å². The highest BCUT2D eigenvalue weighted by Gasteiger charge is 2.17. The van der Waals surface area contributed by atoms with Crippen LogP contribution in [0.4, 0.5) is 5.69 Å². The molecule has 3 aromatic carbocycles. The number of para-hydroxylation sites is 1. The number of aromatic carboxylic acids is 1. The molecular formula is C23H17N3O3. The van der Waals surface area contributed by atoms with Crippen LogP contribution in [0.3, 0.4) is 0 Å². The van der Waals surface area contributed by atoms with E-state index in [4.69, 9.17) is 5.11 Å². The van der Waals surface area contributed by atoms with E-state index in [0.717, 1.165) is 11.1 Å². The first-order valence-electron chi connectivity index (χ1n) is 9.00. The molecule has 1 amide bonds. The Hall–Kier alpha value is -4.06. The fourth-order valence-corrected chi connectivity index (χ4v) is 3.08. The Bertz CT molecular complexity index is 1230. The summed E-state index contributed by atoms with van der Waals surface area (Å²) < 4.78 is 0. The third-order valence-electron chi connectivity index (χ3n) is 4.59. The Morgan fingerprint density at radius 1 is 0.862 bits per heavy atom. The lowest BCUT2D eigenvalue weighted by Crippen LogP contribution is -2.15. The number of benzene rings is 3. The van der Waals surface area contributed by atoms with Crippen LogP contribution in [-0.4, -0.2) is 27.0 Å². The summed E-state index contributed by atoms with van der Waals surface area (Å²) in [6, 6.07) is 21.1. The van der Waals surface area contributed by atoms with Gasteiger partial charge in [0, 0.05) is 16.6 Å². The summed E-state index contributed by atoms with van der Waals surface area (Å²) in [6.45, 7) is 1.97. The van der Waals surface area contributed by atoms with Crippen LogP contribution in [0.1, 0.15) is 26.4 Å². The molecule has 142 valence electrons. The second-order valence-electron chi connectivity index (χ2n) is 6.56. The number of carboxylic acid groups (broad SMARTS) is 1. The second-order valence-corrected chi connectivity index (χ2v) is 6.56. The third kappa shape index (κ3) is 3.68. The van der Waals surface area contributed by atoms with E-state index in [0.29, 0.717) is 22.4 Å². The number of aromatic nitrogens is 2. The van der Waals surface area contributed by atoms with Crippen molar-refractivity contribution in [3.63, 3.8) is 0 Å². The molecule has 0 radical (unpaired) electrons. The van der Waals surface area contributed by atoms with Crippen LogP contribution in [-0.2, 0) is 0 Å². The van der Waals surface area contributed by atoms with E-state index in [1.54, 1.807) is 18.2 Å². The lowest BCUT2D eigenvalue weighted by molar-refractivity contribution is 0.0696. The van der Waals surface area contributed by atoms with Gasteiger partial charge in [0.05, 0.1) is 11.1 Å². The predicted molar refractivity (Wildman–Crippen MR) is 111 cm³/mol. The summed E-state index contributed by atoms with van der Waals surface area (Å²) in [5, 5.41) is 12.4. The molecule has 6 heteroatoms. The van der Waals surface area contributed by atoms with Gasteiger partial charge < -0.3 is 10.4 Å². The molecule has 0 fully saturated rings. The number of anilines is 1. The number of amides is 1. The van der Waals surface area contributed by atoms with E-state index in [1.165, 1.54) is 12.1 Å². The maximum Gasteiger partial charge on any atom is 0.335 e. The molecule has 0 bridgehead atoms. The molecular weight excluding hydrogens is 366 g/mol. The van der Waals surface area contributed by atoms with Crippen molar-refractivity contribution in [3.8, 4) is 11.4 Å². The normalized spacial score (nSPS) is 10.7. The average molecular weight is 383 g/mol. The second kappa shape index (κ2) is 7.52. The number of carbonyl (C=O) groups is 2. The Kier molecular flexibility index (Phi) is 4.75. The number of carbonyl (C=O) groups excluding carboxylic acids is 1. The van der Waals surface area contributed by atoms with Crippen molar-refractivity contribution in [1.29, 1.82) is 0 Å². The molecule has 6 nitrogen and oxygen atoms in total. The number of fused-ring (bicyclic) bond motifs is 1. The molecule has 0 saturated carbocycles. The van der Waals surface area contributed by atoms with Crippen LogP contribution in [0.15, 0.2) is 72.8 Å². The monoisotopic (exact) mass is 383 g/mol. The molecule has 0 aliphatic carbocycles. The SMILES string of the molecule is Cc1ccccc1-c1nc(C(=O)Nc2ccc(C(=O)O)cc2)c2ccccc2n1. The van der Waals surface area contributed by atoms with Gasteiger partial charge in [-0.1, -0.05) is 42.5 Å². The topological polar surface area (TPSA) is 92.2 Å². The van der Waals surface area contributed by atoms with Crippen molar-refractivity contribution >= 4 is 28.5 Å². The maximum atomic E-state index is 13.0. The van der Waals surface area contributed by atoms with Crippen LogP contribution in [0, 0.1) is 6.92 Å². The van der Waals surface area contributed by atoms with Crippen molar-refractivity contribution < 1.29 is 14.7 Å². The molecule has 0 unspecified atom stereocenters. The van der Waals surface area contributed by atoms with Gasteiger partial charge in [0.2, 0.25) is 0 Å². The first kappa shape index (κ1) is 18.3. The minimum absolute atomic E-state index is 0.150. The lowest BCUT2D eigenvalue weighted by Gasteiger charge is -2.11. The molecule has 1 aromatic heterocycles. The highest BCUT2D eigenvalue weighted by Crippen LogP contribution is 2.24. The van der Waals surface area contributed by atoms with Gasteiger partial charge in [-0.25, -0.2) is 14.8 Å². The van der Waals surface area contributed by atoms with E-state index >= 15 is 0 Å². The van der Waals surface area contributed by atoms with Gasteiger partial charge in [-0.2, -0.15) is 0 Å². The first-order chi connectivity index (χ1) is 14.0. The van der Waals surface area contributed by atoms with Crippen LogP contribution in [0.25, 0.3) is 22.3 Å². The largest absolute Gasteiger partial charge is 0.478 e. The van der Waals surface area contributed by atoms with E-state index in [9.17, 15) is 9.59 Å². The standard InChI is InChI=1S/C23H17N3O3/c1-14-6-2-3-7-17(14)21-25-19-9-5-4-8-18(19)20(26-21)22(27)24-16-12-10-15(11-13-16)23(28)29/h2-13H,1H3,(H,24,27)(H,28,29). The molecule has 0 saturated heterocycles. The molecule has 2 N–H and O–H groups in total. The summed E-state index contributed by atoms with van der Waals surface area (Å²) in [5.41, 5.74) is 3.44. The molecule has 0 aliphatic heterocycles. The fraction of sp³-hybridized carbons (Fsp3) is 0.0435. The van der Waals surface area contributed by atoms with Gasteiger partial charge >= 0.3 is 5.97 Å². The number of hydrogen-bond acceptors (Lipinski definition) is 4. The summed E-state index contributed by atoms with van der Waals surface area (Å²) in [5.74, 6) is -0.928. The molecule has 4 aromatic rings. The number of nitrogens with one attached hydrogen (secondary N) is 1. The van der Waals surface area contributed by atoms with Crippen molar-refractivity contribution in [2.45, 2.75) is 6.92 Å². The Balaban J connectivity index is 1.76. The van der Waals surface area contributed by atoms with Gasteiger partial charge in [-0.15, -0.1) is 0 Å². The van der Waals surface area contributed by atoms with E-state index < -0.39 is 5.97 Å². The predicted octanol–water partition coefficient (Wildman–Crippen LogP) is 4.56. The van der Waals surface area contributed by atoms with E-state index in [-0.39, 0.29) is 17.2 Å². The average Bonchev–Trinajstić information content (AvgIpc) is 2.73. The number of aryl methyl sites for hydroxylation is 1.